The summed E-state index contributed by atoms with van der Waals surface area (Å²) in [6, 6.07) is 172. The van der Waals surface area contributed by atoms with Crippen LogP contribution >= 0.6 is 11.6 Å². The molecule has 4 aromatic heterocycles. The van der Waals surface area contributed by atoms with E-state index in [-0.39, 0.29) is 0 Å². The lowest BCUT2D eigenvalue weighted by atomic mass is 9.98. The fourth-order valence-corrected chi connectivity index (χ4v) is 18.1. The standard InChI is InChI=1S/C60H40N2O.C30H20ClN.C30H21NO/c1-2-11-41(12-3-1)42-21-30-49(31-22-42)61(51-34-25-45(26-35-51)48-29-38-56-55-17-6-9-20-59(55)63-60(56)40-48)50-32-23-43(24-33-50)46-13-10-14-47(39-46)44-27-36-52(37-28-44)62-57-18-7-4-15-53(57)54-16-5-8-19-58(54)62;31-25-16-12-21(13-17-25)23-6-5-7-24(20-23)22-14-18-26(19-15-22)32-29-10-3-1-8-27(29)28-9-2-4-11-30(28)32;1-2-6-21(7-3-1)22-10-15-25(16-11-22)31-26-17-12-23(13-18-26)24-14-19-28-27-8-4-5-9-29(27)32-30(28)20-24/h1-40H;1-20H;1-20,31H. The van der Waals surface area contributed by atoms with E-state index >= 15 is 0 Å². The molecule has 600 valence electrons. The molecule has 6 nitrogen and oxygen atoms in total. The molecule has 0 saturated carbocycles. The van der Waals surface area contributed by atoms with Crippen LogP contribution in [0.1, 0.15) is 0 Å². The SMILES string of the molecule is Clc1ccc(-c2cccc(-c3ccc(-n4c5ccccc5c5ccccc54)cc3)c2)cc1.c1ccc(-c2ccc(N(c3ccc(-c4cccc(-c5ccc(-n6c7ccccc7c7ccccc76)cc5)c4)cc3)c3ccc(-c4ccc5c(c4)oc4ccccc45)cc3)cc2)cc1.c1ccc(-c2ccc(Nc3ccc(-c4ccc5c(c4)oc4ccccc45)cc3)cc2)cc1. The molecule has 0 saturated heterocycles. The van der Waals surface area contributed by atoms with E-state index in [1.54, 1.807) is 0 Å². The third kappa shape index (κ3) is 15.3. The summed E-state index contributed by atoms with van der Waals surface area (Å²) >= 11 is 6.05. The van der Waals surface area contributed by atoms with Gasteiger partial charge in [-0.2, -0.15) is 0 Å². The Bertz CT molecular complexity index is 7990. The highest BCUT2D eigenvalue weighted by atomic mass is 35.5. The van der Waals surface area contributed by atoms with Crippen LogP contribution in [-0.2, 0) is 0 Å². The molecule has 127 heavy (non-hydrogen) atoms. The molecule has 0 aliphatic carbocycles. The van der Waals surface area contributed by atoms with Gasteiger partial charge in [0.15, 0.2) is 0 Å². The Balaban J connectivity index is 0.000000125. The summed E-state index contributed by atoms with van der Waals surface area (Å²) in [4.78, 5) is 2.33. The molecule has 0 unspecified atom stereocenters. The largest absolute Gasteiger partial charge is 0.456 e. The topological polar surface area (TPSA) is 51.4 Å². The minimum atomic E-state index is 0.755. The molecule has 0 aliphatic rings. The monoisotopic (exact) mass is 1640 g/mol. The van der Waals surface area contributed by atoms with Gasteiger partial charge in [-0.05, 0) is 259 Å². The van der Waals surface area contributed by atoms with Crippen molar-refractivity contribution in [2.75, 3.05) is 10.2 Å². The smallest absolute Gasteiger partial charge is 0.136 e. The van der Waals surface area contributed by atoms with Crippen molar-refractivity contribution in [3.63, 3.8) is 0 Å². The lowest BCUT2D eigenvalue weighted by molar-refractivity contribution is 0.668. The van der Waals surface area contributed by atoms with Crippen LogP contribution in [0.5, 0.6) is 0 Å². The highest BCUT2D eigenvalue weighted by Gasteiger charge is 2.19. The molecule has 0 radical (unpaired) electrons. The van der Waals surface area contributed by atoms with Crippen LogP contribution in [0.4, 0.5) is 28.4 Å². The van der Waals surface area contributed by atoms with E-state index in [1.165, 1.54) is 110 Å². The predicted molar refractivity (Wildman–Crippen MR) is 535 cm³/mol. The minimum absolute atomic E-state index is 0.755. The third-order valence-electron chi connectivity index (χ3n) is 24.4. The van der Waals surface area contributed by atoms with Crippen molar-refractivity contribution >= 4 is 128 Å². The number of nitrogens with one attached hydrogen (secondary N) is 1. The van der Waals surface area contributed by atoms with E-state index in [2.05, 4.69) is 456 Å². The van der Waals surface area contributed by atoms with Crippen molar-refractivity contribution in [1.29, 1.82) is 0 Å². The van der Waals surface area contributed by atoms with Gasteiger partial charge in [-0.25, -0.2) is 0 Å². The summed E-state index contributed by atoms with van der Waals surface area (Å²) in [5.74, 6) is 0. The average molecular weight is 1650 g/mol. The molecule has 7 heteroatoms. The van der Waals surface area contributed by atoms with Crippen LogP contribution in [0.3, 0.4) is 0 Å². The van der Waals surface area contributed by atoms with Crippen molar-refractivity contribution in [2.45, 2.75) is 0 Å². The van der Waals surface area contributed by atoms with Crippen LogP contribution in [0.15, 0.2) is 494 Å². The minimum Gasteiger partial charge on any atom is -0.456 e. The molecular weight excluding hydrogens is 1560 g/mol. The van der Waals surface area contributed by atoms with E-state index in [1.807, 2.05) is 48.5 Å². The van der Waals surface area contributed by atoms with Gasteiger partial charge in [0.2, 0.25) is 0 Å². The Morgan fingerprint density at radius 1 is 0.181 bits per heavy atom. The summed E-state index contributed by atoms with van der Waals surface area (Å²) in [5, 5.41) is 13.9. The number of hydrogen-bond donors (Lipinski definition) is 1. The molecule has 0 aliphatic heterocycles. The summed E-state index contributed by atoms with van der Waals surface area (Å²) in [6.07, 6.45) is 0. The summed E-state index contributed by atoms with van der Waals surface area (Å²) in [6.45, 7) is 0. The second-order valence-electron chi connectivity index (χ2n) is 32.1. The zero-order valence-corrected chi connectivity index (χ0v) is 70.0. The number of anilines is 5. The Morgan fingerprint density at radius 3 is 0.756 bits per heavy atom. The molecule has 1 N–H and O–H groups in total. The molecule has 0 bridgehead atoms. The first-order chi connectivity index (χ1) is 62.8. The Morgan fingerprint density at radius 2 is 0.417 bits per heavy atom. The highest BCUT2D eigenvalue weighted by molar-refractivity contribution is 6.30. The number of hydrogen-bond acceptors (Lipinski definition) is 4. The molecule has 24 aromatic rings. The van der Waals surface area contributed by atoms with E-state index < -0.39 is 0 Å². The summed E-state index contributed by atoms with van der Waals surface area (Å²) in [7, 11) is 0. The van der Waals surface area contributed by atoms with E-state index in [0.29, 0.717) is 0 Å². The van der Waals surface area contributed by atoms with E-state index in [4.69, 9.17) is 20.4 Å². The molecule has 20 aromatic carbocycles. The molecule has 0 amide bonds. The number of aromatic nitrogens is 2. The number of rotatable bonds is 15. The van der Waals surface area contributed by atoms with Gasteiger partial charge in [-0.1, -0.05) is 327 Å². The van der Waals surface area contributed by atoms with Crippen LogP contribution < -0.4 is 10.2 Å². The third-order valence-corrected chi connectivity index (χ3v) is 24.6. The summed E-state index contributed by atoms with van der Waals surface area (Å²) < 4.78 is 17.0. The lowest BCUT2D eigenvalue weighted by Gasteiger charge is -2.26. The first-order valence-electron chi connectivity index (χ1n) is 43.0. The van der Waals surface area contributed by atoms with Crippen molar-refractivity contribution in [3.05, 3.63) is 490 Å². The first kappa shape index (κ1) is 76.6. The van der Waals surface area contributed by atoms with Gasteiger partial charge >= 0.3 is 0 Å². The summed E-state index contributed by atoms with van der Waals surface area (Å²) in [5.41, 5.74) is 35.1. The zero-order valence-electron chi connectivity index (χ0n) is 69.2. The molecule has 0 fully saturated rings. The predicted octanol–water partition coefficient (Wildman–Crippen LogP) is 34.3. The Kier molecular flexibility index (Phi) is 20.3. The average Bonchev–Trinajstić information content (AvgIpc) is 1.60. The quantitative estimate of drug-likeness (QED) is 0.111. The fourth-order valence-electron chi connectivity index (χ4n) is 18.0. The Hall–Kier alpha value is -16.5. The van der Waals surface area contributed by atoms with Crippen LogP contribution in [0, 0.1) is 0 Å². The van der Waals surface area contributed by atoms with Crippen LogP contribution in [-0.4, -0.2) is 9.13 Å². The second-order valence-corrected chi connectivity index (χ2v) is 32.5. The Labute approximate surface area is 741 Å². The van der Waals surface area contributed by atoms with E-state index in [9.17, 15) is 0 Å². The number of benzene rings is 20. The molecular formula is C120H81ClN4O2. The van der Waals surface area contributed by atoms with Gasteiger partial charge in [0.25, 0.3) is 0 Å². The molecule has 24 rings (SSSR count). The lowest BCUT2D eigenvalue weighted by Crippen LogP contribution is -2.09. The van der Waals surface area contributed by atoms with Gasteiger partial charge in [-0.3, -0.25) is 0 Å². The number of halogens is 1. The molecule has 0 spiro atoms. The first-order valence-corrected chi connectivity index (χ1v) is 43.4. The number of para-hydroxylation sites is 6. The van der Waals surface area contributed by atoms with Crippen molar-refractivity contribution < 1.29 is 8.83 Å². The molecule has 4 heterocycles. The van der Waals surface area contributed by atoms with Gasteiger partial charge in [0.05, 0.1) is 22.1 Å². The number of furan rings is 2. The van der Waals surface area contributed by atoms with Crippen LogP contribution in [0.25, 0.3) is 188 Å². The normalized spacial score (nSPS) is 11.3. The van der Waals surface area contributed by atoms with Crippen molar-refractivity contribution in [2.24, 2.45) is 0 Å². The number of fused-ring (bicyclic) bond motifs is 12. The van der Waals surface area contributed by atoms with Crippen LogP contribution in [0.2, 0.25) is 5.02 Å². The van der Waals surface area contributed by atoms with Gasteiger partial charge < -0.3 is 28.2 Å². The van der Waals surface area contributed by atoms with E-state index in [0.717, 1.165) is 111 Å². The number of nitrogens with zero attached hydrogens (tertiary/aromatic N) is 3. The van der Waals surface area contributed by atoms with Gasteiger partial charge in [0, 0.05) is 87.9 Å². The zero-order chi connectivity index (χ0) is 84.5. The van der Waals surface area contributed by atoms with Crippen molar-refractivity contribution in [3.8, 4) is 100 Å². The maximum Gasteiger partial charge on any atom is 0.136 e. The van der Waals surface area contributed by atoms with Gasteiger partial charge in [0.1, 0.15) is 22.3 Å². The van der Waals surface area contributed by atoms with Gasteiger partial charge in [-0.15, -0.1) is 0 Å². The maximum atomic E-state index is 6.24. The second kappa shape index (κ2) is 33.7. The highest BCUT2D eigenvalue weighted by Crippen LogP contribution is 2.43. The maximum absolute atomic E-state index is 6.24. The molecule has 0 atom stereocenters. The fraction of sp³-hybridized carbons (Fsp3) is 0. The van der Waals surface area contributed by atoms with Crippen molar-refractivity contribution in [1.82, 2.24) is 9.13 Å².